The molecule has 0 spiro atoms. The van der Waals surface area contributed by atoms with E-state index in [9.17, 15) is 0 Å². The van der Waals surface area contributed by atoms with Gasteiger partial charge in [-0.25, -0.2) is 0 Å². The summed E-state index contributed by atoms with van der Waals surface area (Å²) >= 11 is 0. The topological polar surface area (TPSA) is 21.3 Å². The van der Waals surface area contributed by atoms with E-state index in [2.05, 4.69) is 43.6 Å². The summed E-state index contributed by atoms with van der Waals surface area (Å²) in [6.07, 6.45) is 3.64. The van der Waals surface area contributed by atoms with E-state index in [4.69, 9.17) is 4.74 Å². The van der Waals surface area contributed by atoms with Crippen LogP contribution in [0.15, 0.2) is 24.3 Å². The molecule has 0 aliphatic heterocycles. The molecule has 1 N–H and O–H groups in total. The van der Waals surface area contributed by atoms with Crippen molar-refractivity contribution in [3.8, 4) is 0 Å². The van der Waals surface area contributed by atoms with E-state index >= 15 is 0 Å². The van der Waals surface area contributed by atoms with Crippen LogP contribution in [0.3, 0.4) is 0 Å². The first-order chi connectivity index (χ1) is 8.77. The Balaban J connectivity index is 2.10. The highest BCUT2D eigenvalue weighted by atomic mass is 16.5. The lowest BCUT2D eigenvalue weighted by Gasteiger charge is -2.30. The first kappa shape index (κ1) is 13.6. The molecule has 0 fully saturated rings. The Kier molecular flexibility index (Phi) is 4.79. The molecule has 3 atom stereocenters. The molecule has 1 aromatic rings. The smallest absolute Gasteiger partial charge is 0.0465 e. The van der Waals surface area contributed by atoms with Crippen LogP contribution in [0.5, 0.6) is 0 Å². The number of nitrogens with one attached hydrogen (secondary N) is 1. The molecule has 1 aliphatic rings. The van der Waals surface area contributed by atoms with E-state index in [1.165, 1.54) is 12.8 Å². The predicted molar refractivity (Wildman–Crippen MR) is 76.0 cm³/mol. The van der Waals surface area contributed by atoms with E-state index in [1.54, 1.807) is 18.2 Å². The molecule has 1 aromatic carbocycles. The van der Waals surface area contributed by atoms with Crippen molar-refractivity contribution < 1.29 is 4.74 Å². The molecular formula is C16H25NO. The lowest BCUT2D eigenvalue weighted by Crippen LogP contribution is -2.37. The van der Waals surface area contributed by atoms with Crippen molar-refractivity contribution in [2.24, 2.45) is 5.92 Å². The Hall–Kier alpha value is -0.860. The summed E-state index contributed by atoms with van der Waals surface area (Å²) in [4.78, 5) is 0. The third-order valence-electron chi connectivity index (χ3n) is 4.34. The average Bonchev–Trinajstić information content (AvgIpc) is 2.81. The molecule has 1 aliphatic carbocycles. The molecule has 0 saturated carbocycles. The van der Waals surface area contributed by atoms with Crippen molar-refractivity contribution >= 4 is 0 Å². The van der Waals surface area contributed by atoms with Crippen LogP contribution in [0.2, 0.25) is 0 Å². The molecule has 3 unspecified atom stereocenters. The van der Waals surface area contributed by atoms with Gasteiger partial charge < -0.3 is 10.1 Å². The number of ether oxygens (including phenoxy) is 1. The number of hydrogen-bond acceptors (Lipinski definition) is 2. The zero-order valence-corrected chi connectivity index (χ0v) is 11.8. The standard InChI is InChI=1S/C16H25NO/c1-12(10-11-18-3)16(17-2)15-9-8-13-6-4-5-7-14(13)15/h4-7,12,15-17H,8-11H2,1-3H3. The van der Waals surface area contributed by atoms with E-state index in [0.29, 0.717) is 17.9 Å². The van der Waals surface area contributed by atoms with Crippen LogP contribution in [0, 0.1) is 5.92 Å². The highest BCUT2D eigenvalue weighted by Gasteiger charge is 2.31. The highest BCUT2D eigenvalue weighted by Crippen LogP contribution is 2.37. The van der Waals surface area contributed by atoms with E-state index in [1.807, 2.05) is 0 Å². The van der Waals surface area contributed by atoms with Crippen molar-refractivity contribution in [1.82, 2.24) is 5.32 Å². The van der Waals surface area contributed by atoms with Gasteiger partial charge in [-0.2, -0.15) is 0 Å². The van der Waals surface area contributed by atoms with E-state index in [-0.39, 0.29) is 0 Å². The molecule has 2 heteroatoms. The van der Waals surface area contributed by atoms with Gasteiger partial charge >= 0.3 is 0 Å². The van der Waals surface area contributed by atoms with Crippen LogP contribution in [0.4, 0.5) is 0 Å². The number of aryl methyl sites for hydroxylation is 1. The molecular weight excluding hydrogens is 222 g/mol. The Morgan fingerprint density at radius 2 is 2.17 bits per heavy atom. The van der Waals surface area contributed by atoms with Gasteiger partial charge in [-0.3, -0.25) is 0 Å². The van der Waals surface area contributed by atoms with Gasteiger partial charge in [-0.05, 0) is 43.4 Å². The number of rotatable bonds is 6. The Morgan fingerprint density at radius 1 is 1.39 bits per heavy atom. The second kappa shape index (κ2) is 6.35. The predicted octanol–water partition coefficient (Wildman–Crippen LogP) is 2.98. The number of fused-ring (bicyclic) bond motifs is 1. The lowest BCUT2D eigenvalue weighted by atomic mass is 9.84. The van der Waals surface area contributed by atoms with Crippen molar-refractivity contribution in [3.05, 3.63) is 35.4 Å². The van der Waals surface area contributed by atoms with Gasteiger partial charge in [0.05, 0.1) is 0 Å². The summed E-state index contributed by atoms with van der Waals surface area (Å²) in [6.45, 7) is 3.19. The maximum absolute atomic E-state index is 5.21. The van der Waals surface area contributed by atoms with E-state index in [0.717, 1.165) is 13.0 Å². The Labute approximate surface area is 111 Å². The Morgan fingerprint density at radius 3 is 2.89 bits per heavy atom. The summed E-state index contributed by atoms with van der Waals surface area (Å²) in [5, 5.41) is 3.54. The fraction of sp³-hybridized carbons (Fsp3) is 0.625. The number of methoxy groups -OCH3 is 1. The van der Waals surface area contributed by atoms with Crippen molar-refractivity contribution in [2.75, 3.05) is 20.8 Å². The minimum atomic E-state index is 0.559. The molecule has 2 nitrogen and oxygen atoms in total. The first-order valence-electron chi connectivity index (χ1n) is 7.02. The van der Waals surface area contributed by atoms with Crippen molar-refractivity contribution in [3.63, 3.8) is 0 Å². The summed E-state index contributed by atoms with van der Waals surface area (Å²) in [7, 11) is 3.88. The largest absolute Gasteiger partial charge is 0.385 e. The SMILES string of the molecule is CNC(C(C)CCOC)C1CCc2ccccc21. The minimum Gasteiger partial charge on any atom is -0.385 e. The van der Waals surface area contributed by atoms with E-state index < -0.39 is 0 Å². The first-order valence-corrected chi connectivity index (χ1v) is 7.02. The zero-order valence-electron chi connectivity index (χ0n) is 11.8. The fourth-order valence-electron chi connectivity index (χ4n) is 3.33. The number of hydrogen-bond donors (Lipinski definition) is 1. The molecule has 0 amide bonds. The fourth-order valence-corrected chi connectivity index (χ4v) is 3.33. The third kappa shape index (κ3) is 2.76. The van der Waals surface area contributed by atoms with Gasteiger partial charge in [0, 0.05) is 25.7 Å². The highest BCUT2D eigenvalue weighted by molar-refractivity contribution is 5.36. The summed E-state index contributed by atoms with van der Waals surface area (Å²) < 4.78 is 5.21. The van der Waals surface area contributed by atoms with Gasteiger partial charge in [0.25, 0.3) is 0 Å². The average molecular weight is 247 g/mol. The molecule has 2 rings (SSSR count). The van der Waals surface area contributed by atoms with Gasteiger partial charge in [0.2, 0.25) is 0 Å². The molecule has 0 bridgehead atoms. The van der Waals surface area contributed by atoms with Crippen molar-refractivity contribution in [2.45, 2.75) is 38.1 Å². The van der Waals surface area contributed by atoms with Crippen LogP contribution in [-0.2, 0) is 11.2 Å². The van der Waals surface area contributed by atoms with Crippen LogP contribution in [0.25, 0.3) is 0 Å². The second-order valence-corrected chi connectivity index (χ2v) is 5.42. The molecule has 0 heterocycles. The normalized spacial score (nSPS) is 21.6. The molecule has 0 radical (unpaired) electrons. The lowest BCUT2D eigenvalue weighted by molar-refractivity contribution is 0.166. The third-order valence-corrected chi connectivity index (χ3v) is 4.34. The van der Waals surface area contributed by atoms with Gasteiger partial charge in [0.15, 0.2) is 0 Å². The van der Waals surface area contributed by atoms with Gasteiger partial charge in [0.1, 0.15) is 0 Å². The molecule has 18 heavy (non-hydrogen) atoms. The molecule has 100 valence electrons. The number of benzene rings is 1. The quantitative estimate of drug-likeness (QED) is 0.834. The number of likely N-dealkylation sites (N-methyl/N-ethyl adjacent to an activating group) is 1. The zero-order chi connectivity index (χ0) is 13.0. The summed E-state index contributed by atoms with van der Waals surface area (Å²) in [5.41, 5.74) is 3.10. The summed E-state index contributed by atoms with van der Waals surface area (Å²) in [5.74, 6) is 1.31. The van der Waals surface area contributed by atoms with Crippen molar-refractivity contribution in [1.29, 1.82) is 0 Å². The maximum atomic E-state index is 5.21. The minimum absolute atomic E-state index is 0.559. The van der Waals surface area contributed by atoms with Gasteiger partial charge in [-0.1, -0.05) is 31.2 Å². The Bertz CT molecular complexity index is 377. The molecule has 0 saturated heterocycles. The maximum Gasteiger partial charge on any atom is 0.0465 e. The second-order valence-electron chi connectivity index (χ2n) is 5.42. The summed E-state index contributed by atoms with van der Waals surface area (Å²) in [6, 6.07) is 9.47. The van der Waals surface area contributed by atoms with Crippen LogP contribution >= 0.6 is 0 Å². The monoisotopic (exact) mass is 247 g/mol. The van der Waals surface area contributed by atoms with Crippen LogP contribution < -0.4 is 5.32 Å². The van der Waals surface area contributed by atoms with Crippen LogP contribution in [0.1, 0.15) is 36.8 Å². The van der Waals surface area contributed by atoms with Crippen LogP contribution in [-0.4, -0.2) is 26.8 Å². The van der Waals surface area contributed by atoms with Gasteiger partial charge in [-0.15, -0.1) is 0 Å². The molecule has 0 aromatic heterocycles.